The standard InChI is InChI=1S/C12H18F3N3/c1-9(16)11(12(13,14)15)18(2)8-6-10-5-3-4-7-17-10/h3-5,7,9,11H,6,8,16H2,1-2H3. The van der Waals surface area contributed by atoms with E-state index in [1.165, 1.54) is 18.9 Å². The van der Waals surface area contributed by atoms with Gasteiger partial charge in [0.05, 0.1) is 0 Å². The summed E-state index contributed by atoms with van der Waals surface area (Å²) in [6.07, 6.45) is -2.22. The van der Waals surface area contributed by atoms with Gasteiger partial charge in [-0.05, 0) is 26.1 Å². The number of rotatable bonds is 5. The topological polar surface area (TPSA) is 42.1 Å². The second kappa shape index (κ2) is 6.15. The number of nitrogens with two attached hydrogens (primary N) is 1. The molecule has 0 saturated heterocycles. The van der Waals surface area contributed by atoms with E-state index in [2.05, 4.69) is 4.98 Å². The lowest BCUT2D eigenvalue weighted by Crippen LogP contribution is -2.54. The number of likely N-dealkylation sites (N-methyl/N-ethyl adjacent to an activating group) is 1. The van der Waals surface area contributed by atoms with E-state index in [1.54, 1.807) is 18.3 Å². The van der Waals surface area contributed by atoms with Gasteiger partial charge in [-0.1, -0.05) is 6.07 Å². The third-order valence-corrected chi connectivity index (χ3v) is 2.76. The number of pyridine rings is 1. The number of alkyl halides is 3. The molecule has 0 amide bonds. The van der Waals surface area contributed by atoms with Crippen molar-refractivity contribution in [2.24, 2.45) is 5.73 Å². The van der Waals surface area contributed by atoms with Crippen LogP contribution in [-0.2, 0) is 6.42 Å². The predicted octanol–water partition coefficient (Wildman–Crippen LogP) is 1.83. The van der Waals surface area contributed by atoms with E-state index in [0.29, 0.717) is 6.42 Å². The summed E-state index contributed by atoms with van der Waals surface area (Å²) in [6, 6.07) is 2.80. The fourth-order valence-corrected chi connectivity index (χ4v) is 1.93. The molecule has 0 saturated carbocycles. The molecule has 0 bridgehead atoms. The van der Waals surface area contributed by atoms with Gasteiger partial charge in [0.25, 0.3) is 0 Å². The number of hydrogen-bond acceptors (Lipinski definition) is 3. The van der Waals surface area contributed by atoms with Crippen LogP contribution < -0.4 is 5.73 Å². The largest absolute Gasteiger partial charge is 0.405 e. The number of aromatic nitrogens is 1. The normalized spacial score (nSPS) is 15.7. The fourth-order valence-electron chi connectivity index (χ4n) is 1.93. The van der Waals surface area contributed by atoms with Gasteiger partial charge in [0.1, 0.15) is 6.04 Å². The first-order valence-electron chi connectivity index (χ1n) is 5.75. The van der Waals surface area contributed by atoms with Crippen molar-refractivity contribution in [3.05, 3.63) is 30.1 Å². The second-order valence-corrected chi connectivity index (χ2v) is 4.40. The molecule has 0 aromatic carbocycles. The maximum atomic E-state index is 12.8. The molecule has 0 aliphatic carbocycles. The lowest BCUT2D eigenvalue weighted by Gasteiger charge is -2.32. The monoisotopic (exact) mass is 261 g/mol. The highest BCUT2D eigenvalue weighted by Crippen LogP contribution is 2.25. The predicted molar refractivity (Wildman–Crippen MR) is 64.1 cm³/mol. The highest BCUT2D eigenvalue weighted by molar-refractivity contribution is 5.04. The van der Waals surface area contributed by atoms with Crippen LogP contribution >= 0.6 is 0 Å². The van der Waals surface area contributed by atoms with Gasteiger partial charge in [0.15, 0.2) is 0 Å². The SMILES string of the molecule is CC(N)C(N(C)CCc1ccccn1)C(F)(F)F. The van der Waals surface area contributed by atoms with Crippen LogP contribution in [0.25, 0.3) is 0 Å². The highest BCUT2D eigenvalue weighted by atomic mass is 19.4. The molecule has 0 radical (unpaired) electrons. The fraction of sp³-hybridized carbons (Fsp3) is 0.583. The first-order valence-corrected chi connectivity index (χ1v) is 5.75. The third kappa shape index (κ3) is 4.27. The Kier molecular flexibility index (Phi) is 5.10. The summed E-state index contributed by atoms with van der Waals surface area (Å²) in [4.78, 5) is 5.31. The van der Waals surface area contributed by atoms with Crippen LogP contribution in [0.2, 0.25) is 0 Å². The smallest absolute Gasteiger partial charge is 0.326 e. The zero-order valence-corrected chi connectivity index (χ0v) is 10.5. The van der Waals surface area contributed by atoms with E-state index in [4.69, 9.17) is 5.73 Å². The molecule has 18 heavy (non-hydrogen) atoms. The molecule has 1 heterocycles. The average molecular weight is 261 g/mol. The van der Waals surface area contributed by atoms with Gasteiger partial charge < -0.3 is 5.73 Å². The van der Waals surface area contributed by atoms with Crippen LogP contribution in [0, 0.1) is 0 Å². The van der Waals surface area contributed by atoms with Gasteiger partial charge >= 0.3 is 6.18 Å². The molecule has 1 aromatic heterocycles. The summed E-state index contributed by atoms with van der Waals surface area (Å²) in [5.41, 5.74) is 6.19. The van der Waals surface area contributed by atoms with Gasteiger partial charge in [-0.25, -0.2) is 0 Å². The Morgan fingerprint density at radius 2 is 2.06 bits per heavy atom. The van der Waals surface area contributed by atoms with Crippen molar-refractivity contribution in [3.63, 3.8) is 0 Å². The van der Waals surface area contributed by atoms with Crippen LogP contribution in [0.1, 0.15) is 12.6 Å². The average Bonchev–Trinajstić information content (AvgIpc) is 2.25. The van der Waals surface area contributed by atoms with Gasteiger partial charge in [0.2, 0.25) is 0 Å². The van der Waals surface area contributed by atoms with E-state index < -0.39 is 18.3 Å². The molecule has 0 spiro atoms. The zero-order chi connectivity index (χ0) is 13.8. The lowest BCUT2D eigenvalue weighted by atomic mass is 10.1. The number of nitrogens with zero attached hydrogens (tertiary/aromatic N) is 2. The Bertz CT molecular complexity index is 351. The summed E-state index contributed by atoms with van der Waals surface area (Å²) < 4.78 is 38.4. The van der Waals surface area contributed by atoms with Crippen LogP contribution in [0.4, 0.5) is 13.2 Å². The molecule has 2 unspecified atom stereocenters. The van der Waals surface area contributed by atoms with E-state index in [1.807, 2.05) is 6.07 Å². The summed E-state index contributed by atoms with van der Waals surface area (Å²) in [7, 11) is 1.43. The minimum atomic E-state index is -4.31. The molecule has 2 atom stereocenters. The van der Waals surface area contributed by atoms with E-state index in [-0.39, 0.29) is 6.54 Å². The van der Waals surface area contributed by atoms with Crippen LogP contribution in [0.5, 0.6) is 0 Å². The molecule has 6 heteroatoms. The summed E-state index contributed by atoms with van der Waals surface area (Å²) in [5, 5.41) is 0. The summed E-state index contributed by atoms with van der Waals surface area (Å²) in [5.74, 6) is 0. The van der Waals surface area contributed by atoms with Gasteiger partial charge in [-0.3, -0.25) is 9.88 Å². The summed E-state index contributed by atoms with van der Waals surface area (Å²) in [6.45, 7) is 1.64. The highest BCUT2D eigenvalue weighted by Gasteiger charge is 2.44. The Balaban J connectivity index is 2.60. The van der Waals surface area contributed by atoms with E-state index in [9.17, 15) is 13.2 Å². The Labute approximate surface area is 105 Å². The molecule has 2 N–H and O–H groups in total. The van der Waals surface area contributed by atoms with E-state index in [0.717, 1.165) is 5.69 Å². The maximum absolute atomic E-state index is 12.8. The van der Waals surface area contributed by atoms with Crippen LogP contribution in [0.15, 0.2) is 24.4 Å². The molecule has 102 valence electrons. The van der Waals surface area contributed by atoms with Crippen molar-refractivity contribution in [3.8, 4) is 0 Å². The van der Waals surface area contributed by atoms with Gasteiger partial charge in [0, 0.05) is 30.9 Å². The summed E-state index contributed by atoms with van der Waals surface area (Å²) >= 11 is 0. The minimum absolute atomic E-state index is 0.267. The zero-order valence-electron chi connectivity index (χ0n) is 10.5. The van der Waals surface area contributed by atoms with Crippen molar-refractivity contribution in [2.45, 2.75) is 31.6 Å². The van der Waals surface area contributed by atoms with Crippen molar-refractivity contribution >= 4 is 0 Å². The Hall–Kier alpha value is -1.14. The Morgan fingerprint density at radius 1 is 1.39 bits per heavy atom. The van der Waals surface area contributed by atoms with Crippen LogP contribution in [0.3, 0.4) is 0 Å². The Morgan fingerprint density at radius 3 is 2.50 bits per heavy atom. The maximum Gasteiger partial charge on any atom is 0.405 e. The molecule has 3 nitrogen and oxygen atoms in total. The molecular formula is C12H18F3N3. The molecule has 1 aromatic rings. The van der Waals surface area contributed by atoms with Crippen molar-refractivity contribution in [2.75, 3.05) is 13.6 Å². The molecule has 0 fully saturated rings. The van der Waals surface area contributed by atoms with Crippen molar-refractivity contribution < 1.29 is 13.2 Å². The first kappa shape index (κ1) is 14.9. The van der Waals surface area contributed by atoms with E-state index >= 15 is 0 Å². The molecule has 0 aliphatic rings. The van der Waals surface area contributed by atoms with Crippen LogP contribution in [-0.4, -0.2) is 41.7 Å². The van der Waals surface area contributed by atoms with Gasteiger partial charge in [-0.2, -0.15) is 13.2 Å². The molecule has 1 rings (SSSR count). The van der Waals surface area contributed by atoms with Gasteiger partial charge in [-0.15, -0.1) is 0 Å². The quantitative estimate of drug-likeness (QED) is 0.879. The molecular weight excluding hydrogens is 243 g/mol. The minimum Gasteiger partial charge on any atom is -0.326 e. The van der Waals surface area contributed by atoms with Crippen molar-refractivity contribution in [1.82, 2.24) is 9.88 Å². The first-order chi connectivity index (χ1) is 8.32. The lowest BCUT2D eigenvalue weighted by molar-refractivity contribution is -0.184. The third-order valence-electron chi connectivity index (χ3n) is 2.76. The second-order valence-electron chi connectivity index (χ2n) is 4.40. The number of hydrogen-bond donors (Lipinski definition) is 1. The molecule has 0 aliphatic heterocycles. The van der Waals surface area contributed by atoms with Crippen molar-refractivity contribution in [1.29, 1.82) is 0 Å². The number of halogens is 3.